The van der Waals surface area contributed by atoms with Crippen molar-refractivity contribution >= 4 is 5.97 Å². The number of aliphatic carboxylic acids is 1. The molecule has 0 aliphatic carbocycles. The number of nitrogens with zero attached hydrogens (tertiary/aromatic N) is 1. The fraction of sp³-hybridized carbons (Fsp3) is 0.923. The largest absolute Gasteiger partial charge is 0.480 e. The summed E-state index contributed by atoms with van der Waals surface area (Å²) in [4.78, 5) is 13.2. The van der Waals surface area contributed by atoms with Crippen LogP contribution in [0.3, 0.4) is 0 Å². The molecular weight excluding hydrogens is 216 g/mol. The molecule has 102 valence electrons. The van der Waals surface area contributed by atoms with Crippen molar-refractivity contribution in [3.05, 3.63) is 0 Å². The first-order chi connectivity index (χ1) is 7.99. The van der Waals surface area contributed by atoms with Gasteiger partial charge in [-0.2, -0.15) is 0 Å². The Morgan fingerprint density at radius 3 is 2.47 bits per heavy atom. The minimum atomic E-state index is -0.730. The van der Waals surface area contributed by atoms with Gasteiger partial charge in [0.25, 0.3) is 0 Å². The van der Waals surface area contributed by atoms with Crippen molar-refractivity contribution in [2.45, 2.75) is 58.5 Å². The van der Waals surface area contributed by atoms with Crippen LogP contribution in [-0.2, 0) is 4.79 Å². The number of carbonyl (C=O) groups is 1. The van der Waals surface area contributed by atoms with Crippen LogP contribution in [0.25, 0.3) is 0 Å². The third-order valence-corrected chi connectivity index (χ3v) is 3.09. The van der Waals surface area contributed by atoms with E-state index in [9.17, 15) is 4.79 Å². The highest BCUT2D eigenvalue weighted by Gasteiger charge is 2.14. The Morgan fingerprint density at radius 1 is 1.35 bits per heavy atom. The van der Waals surface area contributed by atoms with Gasteiger partial charge in [0.05, 0.1) is 0 Å². The highest BCUT2D eigenvalue weighted by molar-refractivity contribution is 5.73. The van der Waals surface area contributed by atoms with Gasteiger partial charge in [-0.25, -0.2) is 0 Å². The van der Waals surface area contributed by atoms with E-state index in [1.165, 1.54) is 0 Å². The van der Waals surface area contributed by atoms with Crippen molar-refractivity contribution < 1.29 is 9.90 Å². The molecule has 0 heterocycles. The highest BCUT2D eigenvalue weighted by Crippen LogP contribution is 2.00. The van der Waals surface area contributed by atoms with Crippen molar-refractivity contribution in [1.29, 1.82) is 0 Å². The summed E-state index contributed by atoms with van der Waals surface area (Å²) in [7, 11) is 2.12. The second-order valence-electron chi connectivity index (χ2n) is 4.92. The van der Waals surface area contributed by atoms with Crippen LogP contribution in [0.2, 0.25) is 0 Å². The molecule has 4 nitrogen and oxygen atoms in total. The van der Waals surface area contributed by atoms with E-state index in [0.29, 0.717) is 12.5 Å². The molecule has 0 radical (unpaired) electrons. The van der Waals surface area contributed by atoms with Crippen molar-refractivity contribution in [3.8, 4) is 0 Å². The maximum Gasteiger partial charge on any atom is 0.320 e. The second kappa shape index (κ2) is 9.42. The summed E-state index contributed by atoms with van der Waals surface area (Å²) in [5, 5.41) is 12.1. The minimum absolute atomic E-state index is 0.372. The lowest BCUT2D eigenvalue weighted by Gasteiger charge is -2.21. The molecule has 0 aliphatic rings. The fourth-order valence-electron chi connectivity index (χ4n) is 1.62. The van der Waals surface area contributed by atoms with E-state index in [1.54, 1.807) is 0 Å². The summed E-state index contributed by atoms with van der Waals surface area (Å²) in [5.74, 6) is -0.730. The van der Waals surface area contributed by atoms with E-state index in [2.05, 4.69) is 31.1 Å². The van der Waals surface area contributed by atoms with Gasteiger partial charge in [-0.1, -0.05) is 13.3 Å². The number of carboxylic acid groups (broad SMARTS) is 1. The number of unbranched alkanes of at least 4 members (excludes halogenated alkanes) is 1. The van der Waals surface area contributed by atoms with Gasteiger partial charge in [0.15, 0.2) is 0 Å². The third kappa shape index (κ3) is 8.16. The van der Waals surface area contributed by atoms with Crippen LogP contribution in [0, 0.1) is 0 Å². The van der Waals surface area contributed by atoms with Crippen LogP contribution in [0.15, 0.2) is 0 Å². The normalized spacial score (nSPS) is 13.3. The zero-order valence-electron chi connectivity index (χ0n) is 11.7. The first-order valence-corrected chi connectivity index (χ1v) is 6.65. The molecule has 0 saturated heterocycles. The van der Waals surface area contributed by atoms with Crippen LogP contribution in [-0.4, -0.2) is 48.2 Å². The highest BCUT2D eigenvalue weighted by atomic mass is 16.4. The first-order valence-electron chi connectivity index (χ1n) is 6.65. The molecule has 0 aromatic carbocycles. The van der Waals surface area contributed by atoms with Gasteiger partial charge in [0, 0.05) is 6.04 Å². The summed E-state index contributed by atoms with van der Waals surface area (Å²) in [6.07, 6.45) is 3.76. The topological polar surface area (TPSA) is 52.6 Å². The number of hydrogen-bond donors (Lipinski definition) is 2. The number of nitrogens with one attached hydrogen (secondary N) is 1. The fourth-order valence-corrected chi connectivity index (χ4v) is 1.62. The van der Waals surface area contributed by atoms with Crippen LogP contribution < -0.4 is 5.32 Å². The lowest BCUT2D eigenvalue weighted by Crippen LogP contribution is -2.37. The molecule has 1 atom stereocenters. The molecule has 0 bridgehead atoms. The minimum Gasteiger partial charge on any atom is -0.480 e. The molecule has 0 saturated carbocycles. The van der Waals surface area contributed by atoms with Crippen LogP contribution in [0.1, 0.15) is 46.5 Å². The molecule has 0 amide bonds. The number of carboxylic acids is 1. The average molecular weight is 244 g/mol. The van der Waals surface area contributed by atoms with Crippen LogP contribution >= 0.6 is 0 Å². The molecule has 1 unspecified atom stereocenters. The molecule has 17 heavy (non-hydrogen) atoms. The predicted molar refractivity (Wildman–Crippen MR) is 71.3 cm³/mol. The molecule has 0 fully saturated rings. The van der Waals surface area contributed by atoms with Crippen molar-refractivity contribution in [2.75, 3.05) is 20.1 Å². The quantitative estimate of drug-likeness (QED) is 0.577. The van der Waals surface area contributed by atoms with E-state index in [-0.39, 0.29) is 6.04 Å². The second-order valence-corrected chi connectivity index (χ2v) is 4.92. The van der Waals surface area contributed by atoms with Gasteiger partial charge in [0.2, 0.25) is 0 Å². The molecule has 0 aliphatic heterocycles. The standard InChI is InChI=1S/C13H28N2O2/c1-5-8-12(13(16)17)14-9-6-7-10-15(4)11(2)3/h11-12,14H,5-10H2,1-4H3,(H,16,17). The van der Waals surface area contributed by atoms with Gasteiger partial charge >= 0.3 is 5.97 Å². The summed E-state index contributed by atoms with van der Waals surface area (Å²) in [6, 6.07) is 0.206. The number of rotatable bonds is 10. The molecule has 2 N–H and O–H groups in total. The molecular formula is C13H28N2O2. The van der Waals surface area contributed by atoms with E-state index in [1.807, 2.05) is 6.92 Å². The van der Waals surface area contributed by atoms with Crippen LogP contribution in [0.5, 0.6) is 0 Å². The SMILES string of the molecule is CCCC(NCCCCN(C)C(C)C)C(=O)O. The third-order valence-electron chi connectivity index (χ3n) is 3.09. The monoisotopic (exact) mass is 244 g/mol. The van der Waals surface area contributed by atoms with E-state index in [4.69, 9.17) is 5.11 Å². The first kappa shape index (κ1) is 16.4. The zero-order chi connectivity index (χ0) is 13.3. The molecule has 0 aromatic rings. The van der Waals surface area contributed by atoms with E-state index in [0.717, 1.165) is 32.4 Å². The van der Waals surface area contributed by atoms with Gasteiger partial charge in [-0.15, -0.1) is 0 Å². The Morgan fingerprint density at radius 2 is 2.00 bits per heavy atom. The average Bonchev–Trinajstić information content (AvgIpc) is 2.26. The summed E-state index contributed by atoms with van der Waals surface area (Å²) in [6.45, 7) is 8.24. The Kier molecular flexibility index (Phi) is 9.09. The van der Waals surface area contributed by atoms with Crippen molar-refractivity contribution in [1.82, 2.24) is 10.2 Å². The molecule has 4 heteroatoms. The smallest absolute Gasteiger partial charge is 0.320 e. The molecule has 0 spiro atoms. The van der Waals surface area contributed by atoms with E-state index < -0.39 is 5.97 Å². The zero-order valence-corrected chi connectivity index (χ0v) is 11.7. The molecule has 0 aromatic heterocycles. The van der Waals surface area contributed by atoms with Crippen LogP contribution in [0.4, 0.5) is 0 Å². The van der Waals surface area contributed by atoms with Gasteiger partial charge in [-0.3, -0.25) is 4.79 Å². The van der Waals surface area contributed by atoms with Crippen molar-refractivity contribution in [3.63, 3.8) is 0 Å². The van der Waals surface area contributed by atoms with Crippen molar-refractivity contribution in [2.24, 2.45) is 0 Å². The van der Waals surface area contributed by atoms with Gasteiger partial charge in [0.1, 0.15) is 6.04 Å². The number of hydrogen-bond acceptors (Lipinski definition) is 3. The maximum atomic E-state index is 10.9. The predicted octanol–water partition coefficient (Wildman–Crippen LogP) is 1.95. The Bertz CT molecular complexity index is 208. The Hall–Kier alpha value is -0.610. The van der Waals surface area contributed by atoms with Gasteiger partial charge in [-0.05, 0) is 53.2 Å². The lowest BCUT2D eigenvalue weighted by atomic mass is 10.1. The summed E-state index contributed by atoms with van der Waals surface area (Å²) in [5.41, 5.74) is 0. The maximum absolute atomic E-state index is 10.9. The van der Waals surface area contributed by atoms with Gasteiger partial charge < -0.3 is 15.3 Å². The van der Waals surface area contributed by atoms with E-state index >= 15 is 0 Å². The Labute approximate surface area is 105 Å². The Balaban J connectivity index is 3.58. The molecule has 0 rings (SSSR count). The summed E-state index contributed by atoms with van der Waals surface area (Å²) >= 11 is 0. The lowest BCUT2D eigenvalue weighted by molar-refractivity contribution is -0.139. The summed E-state index contributed by atoms with van der Waals surface area (Å²) < 4.78 is 0.